The van der Waals surface area contributed by atoms with Crippen LogP contribution in [0.3, 0.4) is 0 Å². The molecular weight excluding hydrogens is 392 g/mol. The molecule has 1 aromatic carbocycles. The van der Waals surface area contributed by atoms with E-state index < -0.39 is 0 Å². The Bertz CT molecular complexity index is 1150. The van der Waals surface area contributed by atoms with Crippen LogP contribution in [-0.4, -0.2) is 51.9 Å². The average Bonchev–Trinajstić information content (AvgIpc) is 3.32. The summed E-state index contributed by atoms with van der Waals surface area (Å²) in [4.78, 5) is 28.1. The summed E-state index contributed by atoms with van der Waals surface area (Å²) in [5.74, 6) is 0.0830. The van der Waals surface area contributed by atoms with Gasteiger partial charge in [-0.3, -0.25) is 14.7 Å². The summed E-state index contributed by atoms with van der Waals surface area (Å²) in [5.41, 5.74) is 3.33. The van der Waals surface area contributed by atoms with Crippen molar-refractivity contribution in [3.8, 4) is 11.3 Å². The molecule has 4 aromatic rings. The fraction of sp³-hybridized carbons (Fsp3) is 0.208. The standard InChI is InChI=1S/C24H22N4OS/c29-24(28-13-11-27(12-14-28)17-19-4-3-15-30-19)21-16-23(18-7-9-25-10-8-18)26-22-6-2-1-5-20(21)22/h1-10,15-16H,11-14,17H2. The Morgan fingerprint density at radius 1 is 0.967 bits per heavy atom. The van der Waals surface area contributed by atoms with E-state index in [1.54, 1.807) is 23.7 Å². The SMILES string of the molecule is O=C(c1cc(-c2ccncc2)nc2ccccc12)N1CCN(Cc2cccs2)CC1. The van der Waals surface area contributed by atoms with Crippen molar-refractivity contribution in [1.82, 2.24) is 19.8 Å². The number of thiophene rings is 1. The lowest BCUT2D eigenvalue weighted by molar-refractivity contribution is 0.0631. The summed E-state index contributed by atoms with van der Waals surface area (Å²) >= 11 is 1.79. The molecule has 1 fully saturated rings. The number of benzene rings is 1. The normalized spacial score (nSPS) is 14.9. The van der Waals surface area contributed by atoms with Crippen LogP contribution in [0.4, 0.5) is 0 Å². The van der Waals surface area contributed by atoms with E-state index in [0.29, 0.717) is 0 Å². The predicted molar refractivity (Wildman–Crippen MR) is 120 cm³/mol. The maximum absolute atomic E-state index is 13.5. The van der Waals surface area contributed by atoms with Crippen molar-refractivity contribution in [2.45, 2.75) is 6.54 Å². The molecule has 1 aliphatic rings. The van der Waals surface area contributed by atoms with Gasteiger partial charge in [-0.25, -0.2) is 4.98 Å². The van der Waals surface area contributed by atoms with Crippen molar-refractivity contribution >= 4 is 28.1 Å². The van der Waals surface area contributed by atoms with Crippen LogP contribution in [-0.2, 0) is 6.54 Å². The quantitative estimate of drug-likeness (QED) is 0.499. The van der Waals surface area contributed by atoms with Crippen LogP contribution in [0.25, 0.3) is 22.2 Å². The van der Waals surface area contributed by atoms with E-state index >= 15 is 0 Å². The molecule has 1 aliphatic heterocycles. The van der Waals surface area contributed by atoms with Crippen LogP contribution in [0.1, 0.15) is 15.2 Å². The first-order valence-corrected chi connectivity index (χ1v) is 11.0. The van der Waals surface area contributed by atoms with Crippen molar-refractivity contribution in [2.75, 3.05) is 26.2 Å². The molecule has 5 rings (SSSR count). The first-order chi connectivity index (χ1) is 14.8. The van der Waals surface area contributed by atoms with Gasteiger partial charge in [-0.2, -0.15) is 0 Å². The Labute approximate surface area is 179 Å². The van der Waals surface area contributed by atoms with Gasteiger partial charge in [0.2, 0.25) is 0 Å². The van der Waals surface area contributed by atoms with Crippen LogP contribution < -0.4 is 0 Å². The van der Waals surface area contributed by atoms with Crippen LogP contribution >= 0.6 is 11.3 Å². The molecule has 0 aliphatic carbocycles. The van der Waals surface area contributed by atoms with Gasteiger partial charge in [0.25, 0.3) is 5.91 Å². The Morgan fingerprint density at radius 2 is 1.77 bits per heavy atom. The molecule has 0 bridgehead atoms. The molecule has 0 atom stereocenters. The van der Waals surface area contributed by atoms with Crippen molar-refractivity contribution in [1.29, 1.82) is 0 Å². The summed E-state index contributed by atoms with van der Waals surface area (Å²) in [6.45, 7) is 4.23. The lowest BCUT2D eigenvalue weighted by atomic mass is 10.0. The zero-order chi connectivity index (χ0) is 20.3. The highest BCUT2D eigenvalue weighted by atomic mass is 32.1. The second kappa shape index (κ2) is 8.34. The van der Waals surface area contributed by atoms with Gasteiger partial charge >= 0.3 is 0 Å². The molecular formula is C24H22N4OS. The zero-order valence-electron chi connectivity index (χ0n) is 16.6. The molecule has 0 spiro atoms. The maximum atomic E-state index is 13.5. The van der Waals surface area contributed by atoms with Crippen molar-refractivity contribution in [3.05, 3.63) is 82.8 Å². The number of nitrogens with zero attached hydrogens (tertiary/aromatic N) is 4. The highest BCUT2D eigenvalue weighted by molar-refractivity contribution is 7.09. The van der Waals surface area contributed by atoms with E-state index in [1.165, 1.54) is 4.88 Å². The smallest absolute Gasteiger partial charge is 0.254 e. The molecule has 150 valence electrons. The average molecular weight is 415 g/mol. The summed E-state index contributed by atoms with van der Waals surface area (Å²) < 4.78 is 0. The number of pyridine rings is 2. The van der Waals surface area contributed by atoms with Gasteiger partial charge in [-0.15, -0.1) is 11.3 Å². The number of aromatic nitrogens is 2. The molecule has 1 amide bonds. The van der Waals surface area contributed by atoms with Crippen LogP contribution in [0.15, 0.2) is 72.4 Å². The van der Waals surface area contributed by atoms with E-state index in [9.17, 15) is 4.79 Å². The zero-order valence-corrected chi connectivity index (χ0v) is 17.4. The summed E-state index contributed by atoms with van der Waals surface area (Å²) in [6, 6.07) is 17.9. The molecule has 0 saturated carbocycles. The molecule has 3 aromatic heterocycles. The number of rotatable bonds is 4. The second-order valence-electron chi connectivity index (χ2n) is 7.46. The lowest BCUT2D eigenvalue weighted by Gasteiger charge is -2.34. The van der Waals surface area contributed by atoms with Gasteiger partial charge in [0.05, 0.1) is 16.8 Å². The fourth-order valence-electron chi connectivity index (χ4n) is 3.93. The Morgan fingerprint density at radius 3 is 2.53 bits per heavy atom. The topological polar surface area (TPSA) is 49.3 Å². The van der Waals surface area contributed by atoms with Gasteiger partial charge in [0.15, 0.2) is 0 Å². The Balaban J connectivity index is 1.40. The van der Waals surface area contributed by atoms with E-state index in [0.717, 1.165) is 60.4 Å². The minimum atomic E-state index is 0.0830. The van der Waals surface area contributed by atoms with Crippen LogP contribution in [0, 0.1) is 0 Å². The largest absolute Gasteiger partial charge is 0.336 e. The first-order valence-electron chi connectivity index (χ1n) is 10.1. The molecule has 0 N–H and O–H groups in total. The minimum absolute atomic E-state index is 0.0830. The first kappa shape index (κ1) is 18.9. The van der Waals surface area contributed by atoms with Gasteiger partial charge in [-0.1, -0.05) is 24.3 Å². The second-order valence-corrected chi connectivity index (χ2v) is 8.49. The summed E-state index contributed by atoms with van der Waals surface area (Å²) in [5, 5.41) is 3.02. The third-order valence-corrected chi connectivity index (χ3v) is 6.40. The monoisotopic (exact) mass is 414 g/mol. The molecule has 4 heterocycles. The highest BCUT2D eigenvalue weighted by Crippen LogP contribution is 2.26. The number of carbonyl (C=O) groups is 1. The molecule has 0 unspecified atom stereocenters. The van der Waals surface area contributed by atoms with E-state index in [1.807, 2.05) is 47.4 Å². The van der Waals surface area contributed by atoms with Gasteiger partial charge in [0.1, 0.15) is 0 Å². The van der Waals surface area contributed by atoms with Crippen LogP contribution in [0.2, 0.25) is 0 Å². The lowest BCUT2D eigenvalue weighted by Crippen LogP contribution is -2.48. The molecule has 6 heteroatoms. The van der Waals surface area contributed by atoms with Crippen molar-refractivity contribution < 1.29 is 4.79 Å². The number of hydrogen-bond donors (Lipinski definition) is 0. The Kier molecular flexibility index (Phi) is 5.26. The molecule has 30 heavy (non-hydrogen) atoms. The van der Waals surface area contributed by atoms with Crippen molar-refractivity contribution in [2.24, 2.45) is 0 Å². The van der Waals surface area contributed by atoms with E-state index in [2.05, 4.69) is 27.4 Å². The highest BCUT2D eigenvalue weighted by Gasteiger charge is 2.24. The van der Waals surface area contributed by atoms with Gasteiger partial charge < -0.3 is 4.90 Å². The van der Waals surface area contributed by atoms with E-state index in [4.69, 9.17) is 4.98 Å². The third-order valence-electron chi connectivity index (χ3n) is 5.54. The maximum Gasteiger partial charge on any atom is 0.254 e. The number of amides is 1. The minimum Gasteiger partial charge on any atom is -0.336 e. The number of hydrogen-bond acceptors (Lipinski definition) is 5. The molecule has 1 saturated heterocycles. The summed E-state index contributed by atoms with van der Waals surface area (Å²) in [6.07, 6.45) is 3.50. The fourth-order valence-corrected chi connectivity index (χ4v) is 4.67. The van der Waals surface area contributed by atoms with Gasteiger partial charge in [0, 0.05) is 60.9 Å². The number of carbonyl (C=O) groups excluding carboxylic acids is 1. The molecule has 5 nitrogen and oxygen atoms in total. The third kappa shape index (κ3) is 3.84. The number of fused-ring (bicyclic) bond motifs is 1. The predicted octanol–water partition coefficient (Wildman–Crippen LogP) is 4.32. The van der Waals surface area contributed by atoms with Crippen molar-refractivity contribution in [3.63, 3.8) is 0 Å². The van der Waals surface area contributed by atoms with Crippen LogP contribution in [0.5, 0.6) is 0 Å². The molecule has 0 radical (unpaired) electrons. The Hall–Kier alpha value is -3.09. The van der Waals surface area contributed by atoms with E-state index in [-0.39, 0.29) is 5.91 Å². The number of piperazine rings is 1. The number of para-hydroxylation sites is 1. The van der Waals surface area contributed by atoms with Gasteiger partial charge in [-0.05, 0) is 35.7 Å². The summed E-state index contributed by atoms with van der Waals surface area (Å²) in [7, 11) is 0.